The van der Waals surface area contributed by atoms with Crippen LogP contribution in [0.5, 0.6) is 11.5 Å². The van der Waals surface area contributed by atoms with Gasteiger partial charge in [0.2, 0.25) is 0 Å². The van der Waals surface area contributed by atoms with Crippen molar-refractivity contribution in [2.45, 2.75) is 57.6 Å². The number of hydrogen-bond acceptors (Lipinski definition) is 6. The van der Waals surface area contributed by atoms with Crippen LogP contribution in [0, 0.1) is 11.3 Å². The maximum atomic E-state index is 12.5. The summed E-state index contributed by atoms with van der Waals surface area (Å²) in [6, 6.07) is 5.06. The molecule has 1 aromatic carbocycles. The van der Waals surface area contributed by atoms with Crippen LogP contribution in [0.1, 0.15) is 56.3 Å². The molecule has 0 saturated heterocycles. The van der Waals surface area contributed by atoms with Gasteiger partial charge in [-0.1, -0.05) is 30.9 Å². The number of nitriles is 1. The van der Waals surface area contributed by atoms with Crippen LogP contribution < -0.4 is 14.8 Å². The number of rotatable bonds is 7. The van der Waals surface area contributed by atoms with Gasteiger partial charge in [-0.15, -0.1) is 0 Å². The SMILES string of the molecule is CCOc1c(Cl)cc(C(=O)O[C@H](C)C(=O)NC2(C#N)CCCCC2)cc1OC. The molecule has 1 N–H and O–H groups in total. The van der Waals surface area contributed by atoms with Gasteiger partial charge in [-0.05, 0) is 38.8 Å². The Morgan fingerprint density at radius 1 is 1.32 bits per heavy atom. The minimum absolute atomic E-state index is 0.137. The number of nitrogens with one attached hydrogen (secondary N) is 1. The van der Waals surface area contributed by atoms with Crippen LogP contribution in [-0.4, -0.2) is 37.2 Å². The predicted octanol–water partition coefficient (Wildman–Crippen LogP) is 3.64. The first-order chi connectivity index (χ1) is 13.4. The van der Waals surface area contributed by atoms with Gasteiger partial charge in [-0.25, -0.2) is 4.79 Å². The van der Waals surface area contributed by atoms with Crippen molar-refractivity contribution in [3.05, 3.63) is 22.7 Å². The topological polar surface area (TPSA) is 97.6 Å². The van der Waals surface area contributed by atoms with Crippen molar-refractivity contribution in [2.24, 2.45) is 0 Å². The zero-order valence-electron chi connectivity index (χ0n) is 16.3. The molecular weight excluding hydrogens is 384 g/mol. The Balaban J connectivity index is 2.08. The Labute approximate surface area is 169 Å². The lowest BCUT2D eigenvalue weighted by Crippen LogP contribution is -2.52. The second-order valence-electron chi connectivity index (χ2n) is 6.71. The predicted molar refractivity (Wildman–Crippen MR) is 104 cm³/mol. The van der Waals surface area contributed by atoms with Gasteiger partial charge in [-0.3, -0.25) is 4.79 Å². The van der Waals surface area contributed by atoms with Crippen LogP contribution in [0.25, 0.3) is 0 Å². The first kappa shape index (κ1) is 21.8. The fraction of sp³-hybridized carbons (Fsp3) is 0.550. The van der Waals surface area contributed by atoms with Crippen molar-refractivity contribution < 1.29 is 23.8 Å². The first-order valence-corrected chi connectivity index (χ1v) is 9.68. The number of esters is 1. The van der Waals surface area contributed by atoms with Crippen LogP contribution >= 0.6 is 11.6 Å². The highest BCUT2D eigenvalue weighted by Crippen LogP contribution is 2.36. The summed E-state index contributed by atoms with van der Waals surface area (Å²) in [5, 5.41) is 12.4. The molecular formula is C20H25ClN2O5. The normalized spacial score (nSPS) is 16.4. The van der Waals surface area contributed by atoms with Crippen molar-refractivity contribution in [3.8, 4) is 17.6 Å². The average molecular weight is 409 g/mol. The van der Waals surface area contributed by atoms with E-state index < -0.39 is 23.5 Å². The third kappa shape index (κ3) is 5.08. The molecule has 0 aromatic heterocycles. The lowest BCUT2D eigenvalue weighted by atomic mass is 9.83. The smallest absolute Gasteiger partial charge is 0.339 e. The van der Waals surface area contributed by atoms with Gasteiger partial charge in [-0.2, -0.15) is 5.26 Å². The molecule has 0 unspecified atom stereocenters. The summed E-state index contributed by atoms with van der Waals surface area (Å²) in [5.74, 6) is -0.590. The number of carbonyl (C=O) groups is 2. The molecule has 1 fully saturated rings. The second-order valence-corrected chi connectivity index (χ2v) is 7.12. The lowest BCUT2D eigenvalue weighted by molar-refractivity contribution is -0.130. The third-order valence-corrected chi connectivity index (χ3v) is 4.97. The second kappa shape index (κ2) is 9.65. The van der Waals surface area contributed by atoms with Crippen molar-refractivity contribution in [1.82, 2.24) is 5.32 Å². The summed E-state index contributed by atoms with van der Waals surface area (Å²) >= 11 is 6.17. The molecule has 1 amide bonds. The Bertz CT molecular complexity index is 769. The van der Waals surface area contributed by atoms with E-state index in [2.05, 4.69) is 11.4 Å². The monoisotopic (exact) mass is 408 g/mol. The summed E-state index contributed by atoms with van der Waals surface area (Å²) in [6.45, 7) is 3.66. The molecule has 0 radical (unpaired) electrons. The molecule has 0 spiro atoms. The zero-order chi connectivity index (χ0) is 20.7. The number of benzene rings is 1. The van der Waals surface area contributed by atoms with E-state index in [0.29, 0.717) is 30.9 Å². The third-order valence-electron chi connectivity index (χ3n) is 4.69. The van der Waals surface area contributed by atoms with Crippen LogP contribution in [0.4, 0.5) is 0 Å². The summed E-state index contributed by atoms with van der Waals surface area (Å²) in [4.78, 5) is 24.9. The van der Waals surface area contributed by atoms with Crippen LogP contribution in [0.2, 0.25) is 5.02 Å². The molecule has 0 aliphatic heterocycles. The Kier molecular flexibility index (Phi) is 7.53. The molecule has 2 rings (SSSR count). The van der Waals surface area contributed by atoms with Gasteiger partial charge in [0.1, 0.15) is 5.54 Å². The highest BCUT2D eigenvalue weighted by molar-refractivity contribution is 6.32. The number of halogens is 1. The van der Waals surface area contributed by atoms with E-state index in [1.165, 1.54) is 26.2 Å². The Morgan fingerprint density at radius 3 is 2.57 bits per heavy atom. The molecule has 1 aliphatic carbocycles. The van der Waals surface area contributed by atoms with Gasteiger partial charge in [0, 0.05) is 0 Å². The number of amides is 1. The molecule has 1 atom stereocenters. The van der Waals surface area contributed by atoms with Crippen LogP contribution in [0.3, 0.4) is 0 Å². The number of hydrogen-bond donors (Lipinski definition) is 1. The van der Waals surface area contributed by atoms with Gasteiger partial charge < -0.3 is 19.5 Å². The number of carbonyl (C=O) groups excluding carboxylic acids is 2. The highest BCUT2D eigenvalue weighted by atomic mass is 35.5. The molecule has 8 heteroatoms. The highest BCUT2D eigenvalue weighted by Gasteiger charge is 2.35. The number of nitrogens with zero attached hydrogens (tertiary/aromatic N) is 1. The fourth-order valence-electron chi connectivity index (χ4n) is 3.16. The molecule has 1 aliphatic rings. The first-order valence-electron chi connectivity index (χ1n) is 9.30. The van der Waals surface area contributed by atoms with E-state index in [-0.39, 0.29) is 10.6 Å². The standard InChI is InChI=1S/C20H25ClN2O5/c1-4-27-17-15(21)10-14(11-16(17)26-3)19(25)28-13(2)18(24)23-20(12-22)8-6-5-7-9-20/h10-11,13H,4-9H2,1-3H3,(H,23,24)/t13-/m1/s1. The van der Waals surface area contributed by atoms with Crippen LogP contribution in [0.15, 0.2) is 12.1 Å². The van der Waals surface area contributed by atoms with Crippen molar-refractivity contribution in [2.75, 3.05) is 13.7 Å². The summed E-state index contributed by atoms with van der Waals surface area (Å²) in [6.07, 6.45) is 2.95. The van der Waals surface area contributed by atoms with Gasteiger partial charge in [0.15, 0.2) is 17.6 Å². The summed E-state index contributed by atoms with van der Waals surface area (Å²) < 4.78 is 15.9. The largest absolute Gasteiger partial charge is 0.493 e. The van der Waals surface area contributed by atoms with Gasteiger partial charge >= 0.3 is 5.97 Å². The fourth-order valence-corrected chi connectivity index (χ4v) is 3.43. The van der Waals surface area contributed by atoms with E-state index in [0.717, 1.165) is 19.3 Å². The van der Waals surface area contributed by atoms with E-state index in [1.807, 2.05) is 0 Å². The van der Waals surface area contributed by atoms with E-state index in [4.69, 9.17) is 25.8 Å². The Hall–Kier alpha value is -2.46. The molecule has 1 aromatic rings. The molecule has 1 saturated carbocycles. The van der Waals surface area contributed by atoms with E-state index in [1.54, 1.807) is 6.92 Å². The minimum atomic E-state index is -1.06. The number of ether oxygens (including phenoxy) is 3. The van der Waals surface area contributed by atoms with Crippen molar-refractivity contribution >= 4 is 23.5 Å². The van der Waals surface area contributed by atoms with Gasteiger partial charge in [0.25, 0.3) is 5.91 Å². The summed E-state index contributed by atoms with van der Waals surface area (Å²) in [5.41, 5.74) is -0.751. The maximum Gasteiger partial charge on any atom is 0.339 e. The zero-order valence-corrected chi connectivity index (χ0v) is 17.1. The lowest BCUT2D eigenvalue weighted by Gasteiger charge is -2.32. The quantitative estimate of drug-likeness (QED) is 0.692. The van der Waals surface area contributed by atoms with Crippen LogP contribution in [-0.2, 0) is 9.53 Å². The maximum absolute atomic E-state index is 12.5. The number of methoxy groups -OCH3 is 1. The molecule has 7 nitrogen and oxygen atoms in total. The van der Waals surface area contributed by atoms with Crippen molar-refractivity contribution in [1.29, 1.82) is 5.26 Å². The summed E-state index contributed by atoms with van der Waals surface area (Å²) in [7, 11) is 1.44. The van der Waals surface area contributed by atoms with E-state index >= 15 is 0 Å². The van der Waals surface area contributed by atoms with Crippen molar-refractivity contribution in [3.63, 3.8) is 0 Å². The molecule has 0 heterocycles. The average Bonchev–Trinajstić information content (AvgIpc) is 2.69. The molecule has 152 valence electrons. The molecule has 28 heavy (non-hydrogen) atoms. The molecule has 0 bridgehead atoms. The minimum Gasteiger partial charge on any atom is -0.493 e. The Morgan fingerprint density at radius 2 is 2.00 bits per heavy atom. The van der Waals surface area contributed by atoms with E-state index in [9.17, 15) is 14.9 Å². The van der Waals surface area contributed by atoms with Gasteiger partial charge in [0.05, 0.1) is 30.4 Å².